The fourth-order valence-electron chi connectivity index (χ4n) is 0. The van der Waals surface area contributed by atoms with E-state index in [4.69, 9.17) is 11.7 Å². The summed E-state index contributed by atoms with van der Waals surface area (Å²) in [6, 6.07) is 0. The van der Waals surface area contributed by atoms with Crippen LogP contribution in [0.15, 0.2) is 5.57 Å². The first-order chi connectivity index (χ1) is 2.64. The summed E-state index contributed by atoms with van der Waals surface area (Å²) in [7, 11) is 0. The van der Waals surface area contributed by atoms with Crippen molar-refractivity contribution in [1.82, 2.24) is 0 Å². The molecule has 0 heterocycles. The van der Waals surface area contributed by atoms with Crippen molar-refractivity contribution >= 4 is 0 Å². The summed E-state index contributed by atoms with van der Waals surface area (Å²) < 4.78 is 0. The number of aliphatic hydroxyl groups excluding tert-OH is 1. The maximum Gasteiger partial charge on any atom is 0.0722 e. The largest absolute Gasteiger partial charge is 0.389 e. The van der Waals surface area contributed by atoms with Gasteiger partial charge in [-0.25, -0.2) is 0 Å². The summed E-state index contributed by atoms with van der Waals surface area (Å²) in [6.45, 7) is 8.42. The quantitative estimate of drug-likeness (QED) is 0.498. The Kier molecular flexibility index (Phi) is 1.88. The number of rotatable bonds is 1. The van der Waals surface area contributed by atoms with Crippen LogP contribution >= 0.6 is 0 Å². The zero-order chi connectivity index (χ0) is 5.15. The van der Waals surface area contributed by atoms with Gasteiger partial charge in [0.2, 0.25) is 0 Å². The molecule has 0 aromatic heterocycles. The Morgan fingerprint density at radius 1 is 1.83 bits per heavy atom. The van der Waals surface area contributed by atoms with Gasteiger partial charge in [-0.2, -0.15) is 0 Å². The lowest BCUT2D eigenvalue weighted by Crippen LogP contribution is -1.97. The van der Waals surface area contributed by atoms with Crippen LogP contribution in [0.1, 0.15) is 13.8 Å². The highest BCUT2D eigenvalue weighted by molar-refractivity contribution is 4.90. The van der Waals surface area contributed by atoms with E-state index in [2.05, 4.69) is 0 Å². The van der Waals surface area contributed by atoms with Crippen molar-refractivity contribution in [3.05, 3.63) is 12.2 Å². The second-order valence-electron chi connectivity index (χ2n) is 1.42. The van der Waals surface area contributed by atoms with Gasteiger partial charge in [0.25, 0.3) is 0 Å². The molecule has 0 aliphatic carbocycles. The lowest BCUT2D eigenvalue weighted by molar-refractivity contribution is 0.231. The summed E-state index contributed by atoms with van der Waals surface area (Å²) >= 11 is 0. The van der Waals surface area contributed by atoms with Gasteiger partial charge < -0.3 is 5.11 Å². The lowest BCUT2D eigenvalue weighted by Gasteiger charge is -1.96. The molecule has 1 N–H and O–H groups in total. The van der Waals surface area contributed by atoms with Crippen molar-refractivity contribution in [3.8, 4) is 0 Å². The third-order valence-electron chi connectivity index (χ3n) is 0.659. The normalized spacial score (nSPS) is 13.8. The van der Waals surface area contributed by atoms with Crippen LogP contribution in [0.25, 0.3) is 0 Å². The molecule has 1 heteroatoms. The topological polar surface area (TPSA) is 20.2 Å². The van der Waals surface area contributed by atoms with Crippen molar-refractivity contribution < 1.29 is 5.11 Å². The van der Waals surface area contributed by atoms with Gasteiger partial charge in [0.05, 0.1) is 6.10 Å². The van der Waals surface area contributed by atoms with Crippen LogP contribution in [0.5, 0.6) is 0 Å². The highest BCUT2D eigenvalue weighted by Gasteiger charge is 1.89. The molecule has 0 fully saturated rings. The summed E-state index contributed by atoms with van der Waals surface area (Å²) in [4.78, 5) is 0. The van der Waals surface area contributed by atoms with Crippen molar-refractivity contribution in [2.24, 2.45) is 0 Å². The average Bonchev–Trinajstić information content (AvgIpc) is 1.36. The standard InChI is InChI=1S/C5H9O/c1-4(2)5(3)6/h1,5-6H,2-3H3. The molecule has 1 atom stereocenters. The molecule has 0 saturated heterocycles. The lowest BCUT2D eigenvalue weighted by atomic mass is 10.2. The van der Waals surface area contributed by atoms with E-state index in [0.29, 0.717) is 5.57 Å². The van der Waals surface area contributed by atoms with Gasteiger partial charge in [0.15, 0.2) is 0 Å². The Hall–Kier alpha value is -0.300. The van der Waals surface area contributed by atoms with Crippen LogP contribution in [0.2, 0.25) is 0 Å². The van der Waals surface area contributed by atoms with E-state index in [-0.39, 0.29) is 0 Å². The Morgan fingerprint density at radius 3 is 2.00 bits per heavy atom. The predicted octanol–water partition coefficient (Wildman–Crippen LogP) is 0.746. The molecule has 1 unspecified atom stereocenters. The number of hydrogen-bond acceptors (Lipinski definition) is 1. The molecule has 35 valence electrons. The molecular weight excluding hydrogens is 76.1 g/mol. The maximum atomic E-state index is 8.47. The molecule has 0 aliphatic heterocycles. The molecule has 0 spiro atoms. The van der Waals surface area contributed by atoms with Crippen LogP contribution in [-0.2, 0) is 0 Å². The third-order valence-corrected chi connectivity index (χ3v) is 0.659. The van der Waals surface area contributed by atoms with E-state index < -0.39 is 6.10 Å². The van der Waals surface area contributed by atoms with Crippen molar-refractivity contribution in [3.63, 3.8) is 0 Å². The minimum Gasteiger partial charge on any atom is -0.389 e. The molecule has 0 amide bonds. The fraction of sp³-hybridized carbons (Fsp3) is 0.600. The van der Waals surface area contributed by atoms with Gasteiger partial charge in [-0.05, 0) is 19.4 Å². The minimum atomic E-state index is -0.454. The predicted molar refractivity (Wildman–Crippen MR) is 25.2 cm³/mol. The van der Waals surface area contributed by atoms with Crippen molar-refractivity contribution in [1.29, 1.82) is 0 Å². The van der Waals surface area contributed by atoms with Gasteiger partial charge in [-0.1, -0.05) is 6.58 Å². The highest BCUT2D eigenvalue weighted by Crippen LogP contribution is 1.91. The van der Waals surface area contributed by atoms with E-state index >= 15 is 0 Å². The number of aliphatic hydroxyl groups is 1. The zero-order valence-electron chi connectivity index (χ0n) is 4.10. The second-order valence-corrected chi connectivity index (χ2v) is 1.42. The second kappa shape index (κ2) is 1.98. The van der Waals surface area contributed by atoms with Crippen LogP contribution < -0.4 is 0 Å². The Balaban J connectivity index is 3.26. The Labute approximate surface area is 38.3 Å². The molecular formula is C5H9O. The highest BCUT2D eigenvalue weighted by atomic mass is 16.3. The Bertz CT molecular complexity index is 55.0. The molecule has 0 saturated carbocycles. The summed E-state index contributed by atoms with van der Waals surface area (Å²) in [5.41, 5.74) is 0.565. The minimum absolute atomic E-state index is 0.454. The third kappa shape index (κ3) is 1.97. The Morgan fingerprint density at radius 2 is 2.00 bits per heavy atom. The average molecular weight is 85.1 g/mol. The van der Waals surface area contributed by atoms with E-state index in [1.165, 1.54) is 0 Å². The van der Waals surface area contributed by atoms with E-state index in [1.54, 1.807) is 13.8 Å². The molecule has 0 aromatic carbocycles. The van der Waals surface area contributed by atoms with Gasteiger partial charge in [0.1, 0.15) is 0 Å². The SMILES string of the molecule is [CH]=C(C)C(C)O. The molecule has 0 aliphatic rings. The number of hydrogen-bond donors (Lipinski definition) is 1. The van der Waals surface area contributed by atoms with Crippen LogP contribution in [-0.4, -0.2) is 11.2 Å². The molecule has 6 heavy (non-hydrogen) atoms. The maximum absolute atomic E-state index is 8.47. The summed E-state index contributed by atoms with van der Waals surface area (Å²) in [6.07, 6.45) is -0.454. The van der Waals surface area contributed by atoms with Gasteiger partial charge in [-0.15, -0.1) is 0 Å². The zero-order valence-corrected chi connectivity index (χ0v) is 4.10. The monoisotopic (exact) mass is 85.1 g/mol. The van der Waals surface area contributed by atoms with E-state index in [0.717, 1.165) is 0 Å². The first-order valence-electron chi connectivity index (χ1n) is 1.91. The fourth-order valence-corrected chi connectivity index (χ4v) is 0. The van der Waals surface area contributed by atoms with Crippen molar-refractivity contribution in [2.45, 2.75) is 20.0 Å². The first kappa shape index (κ1) is 5.70. The first-order valence-corrected chi connectivity index (χ1v) is 1.91. The van der Waals surface area contributed by atoms with Crippen LogP contribution in [0.3, 0.4) is 0 Å². The summed E-state index contributed by atoms with van der Waals surface area (Å²) in [5, 5.41) is 8.47. The van der Waals surface area contributed by atoms with Gasteiger partial charge in [-0.3, -0.25) is 0 Å². The van der Waals surface area contributed by atoms with Gasteiger partial charge in [0, 0.05) is 0 Å². The van der Waals surface area contributed by atoms with Crippen LogP contribution in [0, 0.1) is 6.58 Å². The van der Waals surface area contributed by atoms with Gasteiger partial charge >= 0.3 is 0 Å². The van der Waals surface area contributed by atoms with Crippen molar-refractivity contribution in [2.75, 3.05) is 0 Å². The molecule has 0 bridgehead atoms. The molecule has 0 rings (SSSR count). The smallest absolute Gasteiger partial charge is 0.0722 e. The summed E-state index contributed by atoms with van der Waals surface area (Å²) in [5.74, 6) is 0. The molecule has 0 aromatic rings. The molecule has 1 radical (unpaired) electrons. The van der Waals surface area contributed by atoms with E-state index in [9.17, 15) is 0 Å². The molecule has 1 nitrogen and oxygen atoms in total. The van der Waals surface area contributed by atoms with Crippen LogP contribution in [0.4, 0.5) is 0 Å². The van der Waals surface area contributed by atoms with E-state index in [1.807, 2.05) is 0 Å².